The van der Waals surface area contributed by atoms with Crippen LogP contribution in [0, 0.1) is 0 Å². The molecule has 0 atom stereocenters. The average Bonchev–Trinajstić information content (AvgIpc) is 1.69. The number of furan rings is 2. The van der Waals surface area contributed by atoms with E-state index >= 15 is 0 Å². The Hall–Kier alpha value is -12.3. The van der Waals surface area contributed by atoms with Crippen molar-refractivity contribution in [2.75, 3.05) is 0 Å². The van der Waals surface area contributed by atoms with Crippen molar-refractivity contribution in [1.82, 2.24) is 0 Å². The zero-order valence-electron chi connectivity index (χ0n) is 63.1. The van der Waals surface area contributed by atoms with Crippen molar-refractivity contribution < 1.29 is 58.4 Å². The third kappa shape index (κ3) is 12.0. The Bertz CT molecular complexity index is 6740. The second-order valence-corrected chi connectivity index (χ2v) is 25.4. The molecule has 0 saturated carbocycles. The molecule has 0 aliphatic heterocycles. The fourth-order valence-corrected chi connectivity index (χ4v) is 14.1. The maximum Gasteiger partial charge on any atom is 0.534 e. The first-order valence-corrected chi connectivity index (χ1v) is 33.5. The Morgan fingerprint density at radius 2 is 0.663 bits per heavy atom. The summed E-state index contributed by atoms with van der Waals surface area (Å²) in [5.41, 5.74) is 8.62. The summed E-state index contributed by atoms with van der Waals surface area (Å²) in [7, 11) is -7.51. The number of rotatable bonds is 10. The van der Waals surface area contributed by atoms with Gasteiger partial charge in [-0.1, -0.05) is 285 Å². The molecule has 0 aliphatic rings. The summed E-state index contributed by atoms with van der Waals surface area (Å²) in [5, 5.41) is 28.9. The largest absolute Gasteiger partial charge is 0.534 e. The van der Waals surface area contributed by atoms with Gasteiger partial charge >= 0.3 is 22.7 Å². The SMILES string of the molecule is O=S(=O)(Oc1ccc2oc3cc(-c4ccccc4)cc(-c4ccccc4)c3c2c1)C(F)(F)F.[2H]c1c([2H])c([2H])c(-c2c3ccccc3c(-c3ccc4oc5cc(-c6ccccc6)cc(-c6ccccc6)c5c4c3)c3ccccc23)c([2H])c1[2H].[2H]c1c([2H])c([2H])c(-c2c3ccccc3c(B(O)O)c3ccccc23)c([2H])c1[2H]. The highest BCUT2D eigenvalue weighted by Crippen LogP contribution is 2.48. The van der Waals surface area contributed by atoms with Crippen LogP contribution in [-0.2, 0) is 10.1 Å². The molecular weight excluding hydrogens is 1280 g/mol. The zero-order valence-corrected chi connectivity index (χ0v) is 53.9. The number of halogens is 3. The average molecular weight is 1350 g/mol. The fraction of sp³-hybridized carbons (Fsp3) is 0.0112. The van der Waals surface area contributed by atoms with Gasteiger partial charge in [0.2, 0.25) is 0 Å². The number of hydrogen-bond donors (Lipinski definition) is 2. The van der Waals surface area contributed by atoms with E-state index in [4.69, 9.17) is 22.5 Å². The van der Waals surface area contributed by atoms with Crippen LogP contribution in [0.1, 0.15) is 13.7 Å². The lowest BCUT2D eigenvalue weighted by atomic mass is 9.72. The van der Waals surface area contributed by atoms with Gasteiger partial charge in [-0.15, -0.1) is 0 Å². The second-order valence-electron chi connectivity index (χ2n) is 23.9. The van der Waals surface area contributed by atoms with Crippen molar-refractivity contribution in [3.8, 4) is 83.6 Å². The maximum absolute atomic E-state index is 12.8. The van der Waals surface area contributed by atoms with Crippen molar-refractivity contribution in [2.45, 2.75) is 5.51 Å². The summed E-state index contributed by atoms with van der Waals surface area (Å²) in [6.45, 7) is 0. The van der Waals surface area contributed by atoms with E-state index in [1.165, 1.54) is 12.1 Å². The number of fused-ring (bicyclic) bond motifs is 10. The van der Waals surface area contributed by atoms with Crippen LogP contribution in [0.3, 0.4) is 0 Å². The Morgan fingerprint density at radius 1 is 0.327 bits per heavy atom. The molecule has 0 saturated heterocycles. The molecule has 16 aromatic carbocycles. The van der Waals surface area contributed by atoms with E-state index < -0.39 is 52.7 Å². The first-order chi connectivity index (χ1) is 53.5. The molecule has 2 N–H and O–H groups in total. The van der Waals surface area contributed by atoms with Crippen LogP contribution in [0.2, 0.25) is 0 Å². The monoisotopic (exact) mass is 1350 g/mol. The minimum atomic E-state index is -5.79. The smallest absolute Gasteiger partial charge is 0.456 e. The van der Waals surface area contributed by atoms with E-state index in [0.29, 0.717) is 60.1 Å². The predicted molar refractivity (Wildman–Crippen MR) is 407 cm³/mol. The van der Waals surface area contributed by atoms with Crippen molar-refractivity contribution in [1.29, 1.82) is 0 Å². The molecule has 101 heavy (non-hydrogen) atoms. The van der Waals surface area contributed by atoms with Crippen molar-refractivity contribution in [3.63, 3.8) is 0 Å². The van der Waals surface area contributed by atoms with Gasteiger partial charge in [0.05, 0.1) is 13.7 Å². The molecule has 7 nitrogen and oxygen atoms in total. The fourth-order valence-electron chi connectivity index (χ4n) is 13.6. The van der Waals surface area contributed by atoms with Gasteiger partial charge in [0.15, 0.2) is 0 Å². The van der Waals surface area contributed by atoms with E-state index in [9.17, 15) is 31.6 Å². The number of hydrogen-bond acceptors (Lipinski definition) is 7. The second kappa shape index (κ2) is 26.5. The molecule has 0 unspecified atom stereocenters. The van der Waals surface area contributed by atoms with Crippen LogP contribution in [-0.4, -0.2) is 31.1 Å². The Labute approximate surface area is 593 Å². The van der Waals surface area contributed by atoms with Crippen molar-refractivity contribution in [3.05, 3.63) is 339 Å². The summed E-state index contributed by atoms with van der Waals surface area (Å²) < 4.78 is 162. The molecule has 0 bridgehead atoms. The first-order valence-electron chi connectivity index (χ1n) is 37.1. The highest BCUT2D eigenvalue weighted by atomic mass is 32.2. The quantitative estimate of drug-likeness (QED) is 0.0607. The molecule has 18 aromatic rings. The summed E-state index contributed by atoms with van der Waals surface area (Å²) in [6.07, 6.45) is 0. The predicted octanol–water partition coefficient (Wildman–Crippen LogP) is 23.0. The summed E-state index contributed by atoms with van der Waals surface area (Å²) in [4.78, 5) is 0. The van der Waals surface area contributed by atoms with Crippen molar-refractivity contribution in [2.24, 2.45) is 0 Å². The van der Waals surface area contributed by atoms with E-state index in [2.05, 4.69) is 77.0 Å². The van der Waals surface area contributed by atoms with Crippen LogP contribution >= 0.6 is 0 Å². The Balaban J connectivity index is 0.000000133. The van der Waals surface area contributed by atoms with Crippen LogP contribution in [0.25, 0.3) is 165 Å². The Kier molecular flexibility index (Phi) is 13.8. The lowest BCUT2D eigenvalue weighted by molar-refractivity contribution is -0.0500. The third-order valence-corrected chi connectivity index (χ3v) is 18.9. The van der Waals surface area contributed by atoms with Gasteiger partial charge < -0.3 is 23.1 Å². The lowest BCUT2D eigenvalue weighted by Crippen LogP contribution is -2.31. The van der Waals surface area contributed by atoms with Gasteiger partial charge in [0, 0.05) is 21.5 Å². The molecule has 486 valence electrons. The molecule has 0 fully saturated rings. The van der Waals surface area contributed by atoms with Gasteiger partial charge in [-0.05, 0) is 181 Å². The number of alkyl halides is 3. The molecule has 0 aliphatic carbocycles. The van der Waals surface area contributed by atoms with Crippen LogP contribution < -0.4 is 9.65 Å². The van der Waals surface area contributed by atoms with Crippen LogP contribution in [0.4, 0.5) is 13.2 Å². The van der Waals surface area contributed by atoms with Gasteiger partial charge in [-0.25, -0.2) is 0 Å². The van der Waals surface area contributed by atoms with Crippen LogP contribution in [0.15, 0.2) is 348 Å². The summed E-state index contributed by atoms with van der Waals surface area (Å²) >= 11 is 0. The first kappa shape index (κ1) is 52.8. The van der Waals surface area contributed by atoms with Gasteiger partial charge in [0.1, 0.15) is 28.1 Å². The standard InChI is InChI=1S/C44H28O.C25H15F3O4S.C20H15BO2/c1-4-14-29(15-5-1)33-27-38(30-16-6-2-7-17-30)44-39-26-32(24-25-40(39)45-41(44)28-33)43-36-22-12-10-20-34(36)42(31-18-8-3-9-19-31)35-21-11-13-23-37(35)43;26-25(27,28)33(29,30)32-19-11-12-22-21(15-19)24-20(17-9-5-2-6-10-17)13-18(14-23(24)31-22)16-7-3-1-4-8-16;22-21(23)20-17-12-6-4-10-15(17)19(14-8-2-1-3-9-14)16-11-5-7-13-18(16)20/h1-28H;1-15H;1-13,22-23H/i3D,8D,9D,18D,19D;;1D,2D,3D,8D,9D. The maximum atomic E-state index is 12.8. The third-order valence-electron chi connectivity index (χ3n) is 17.9. The normalized spacial score (nSPS) is 13.1. The van der Waals surface area contributed by atoms with Crippen molar-refractivity contribution >= 4 is 110 Å². The zero-order chi connectivity index (χ0) is 77.5. The molecule has 2 aromatic heterocycles. The molecular formula is C89H58BF3O7S. The molecule has 12 heteroatoms. The minimum Gasteiger partial charge on any atom is -0.456 e. The highest BCUT2D eigenvalue weighted by Gasteiger charge is 2.48. The summed E-state index contributed by atoms with van der Waals surface area (Å²) in [6, 6.07) is 84.7. The lowest BCUT2D eigenvalue weighted by Gasteiger charge is -2.17. The van der Waals surface area contributed by atoms with E-state index in [0.717, 1.165) is 105 Å². The van der Waals surface area contributed by atoms with Gasteiger partial charge in [-0.3, -0.25) is 0 Å². The van der Waals surface area contributed by atoms with Crippen LogP contribution in [0.5, 0.6) is 5.75 Å². The minimum absolute atomic E-state index is 0.0948. The molecule has 0 amide bonds. The van der Waals surface area contributed by atoms with Gasteiger partial charge in [0.25, 0.3) is 0 Å². The van der Waals surface area contributed by atoms with E-state index in [1.807, 2.05) is 140 Å². The molecule has 0 radical (unpaired) electrons. The topological polar surface area (TPSA) is 110 Å². The molecule has 0 spiro atoms. The van der Waals surface area contributed by atoms with E-state index in [1.54, 1.807) is 48.5 Å². The van der Waals surface area contributed by atoms with E-state index in [-0.39, 0.29) is 47.4 Å². The van der Waals surface area contributed by atoms with Gasteiger partial charge in [-0.2, -0.15) is 21.6 Å². The molecule has 2 heterocycles. The summed E-state index contributed by atoms with van der Waals surface area (Å²) in [5.74, 6) is -0.450. The highest BCUT2D eigenvalue weighted by molar-refractivity contribution is 7.88. The number of benzene rings is 16. The Morgan fingerprint density at radius 3 is 1.05 bits per heavy atom. The molecule has 18 rings (SSSR count).